The van der Waals surface area contributed by atoms with E-state index in [9.17, 15) is 5.11 Å². The van der Waals surface area contributed by atoms with Crippen LogP contribution in [0.2, 0.25) is 0 Å². The second-order valence-corrected chi connectivity index (χ2v) is 6.79. The zero-order valence-electron chi connectivity index (χ0n) is 15.5. The Morgan fingerprint density at radius 2 is 1.89 bits per heavy atom. The molecule has 1 fully saturated rings. The number of methoxy groups -OCH3 is 1. The summed E-state index contributed by atoms with van der Waals surface area (Å²) in [4.78, 5) is 15.8. The Morgan fingerprint density at radius 3 is 2.59 bits per heavy atom. The first-order valence-electron chi connectivity index (χ1n) is 9.02. The van der Waals surface area contributed by atoms with Crippen molar-refractivity contribution in [1.82, 2.24) is 15.0 Å². The van der Waals surface area contributed by atoms with E-state index in [-0.39, 0.29) is 5.75 Å². The van der Waals surface area contributed by atoms with E-state index >= 15 is 0 Å². The van der Waals surface area contributed by atoms with Crippen molar-refractivity contribution in [2.24, 2.45) is 0 Å². The third kappa shape index (κ3) is 3.84. The molecule has 138 valence electrons. The molecule has 4 rings (SSSR count). The highest BCUT2D eigenvalue weighted by molar-refractivity contribution is 5.58. The second-order valence-electron chi connectivity index (χ2n) is 6.79. The molecular formula is C21H22N4O2. The van der Waals surface area contributed by atoms with Crippen molar-refractivity contribution in [2.75, 3.05) is 12.0 Å². The summed E-state index contributed by atoms with van der Waals surface area (Å²) in [6.07, 6.45) is 5.82. The number of nitrogens with zero attached hydrogens (tertiary/aromatic N) is 4. The molecule has 2 aromatic heterocycles. The van der Waals surface area contributed by atoms with Gasteiger partial charge in [0.1, 0.15) is 5.82 Å². The Hall–Kier alpha value is -3.15. The van der Waals surface area contributed by atoms with Gasteiger partial charge in [-0.25, -0.2) is 9.97 Å². The van der Waals surface area contributed by atoms with Crippen LogP contribution in [0.4, 0.5) is 5.82 Å². The first-order chi connectivity index (χ1) is 13.1. The number of anilines is 1. The van der Waals surface area contributed by atoms with Crippen molar-refractivity contribution in [3.05, 3.63) is 60.0 Å². The molecule has 1 saturated carbocycles. The molecule has 0 atom stereocenters. The van der Waals surface area contributed by atoms with E-state index in [0.717, 1.165) is 35.5 Å². The van der Waals surface area contributed by atoms with Crippen LogP contribution in [0.1, 0.15) is 24.1 Å². The molecule has 6 heteroatoms. The Labute approximate surface area is 158 Å². The molecule has 6 nitrogen and oxygen atoms in total. The number of ether oxygens (including phenoxy) is 1. The van der Waals surface area contributed by atoms with E-state index in [1.54, 1.807) is 25.6 Å². The van der Waals surface area contributed by atoms with Crippen LogP contribution in [0.5, 0.6) is 11.5 Å². The van der Waals surface area contributed by atoms with Gasteiger partial charge < -0.3 is 14.7 Å². The number of phenolic OH excluding ortho intramolecular Hbond substituents is 1. The molecule has 0 bridgehead atoms. The van der Waals surface area contributed by atoms with Gasteiger partial charge in [-0.1, -0.05) is 6.07 Å². The van der Waals surface area contributed by atoms with Crippen LogP contribution in [0.25, 0.3) is 11.4 Å². The van der Waals surface area contributed by atoms with Gasteiger partial charge in [0.05, 0.1) is 7.11 Å². The number of hydrogen-bond acceptors (Lipinski definition) is 6. The van der Waals surface area contributed by atoms with Crippen molar-refractivity contribution in [3.8, 4) is 22.9 Å². The number of benzene rings is 1. The van der Waals surface area contributed by atoms with Gasteiger partial charge >= 0.3 is 0 Å². The van der Waals surface area contributed by atoms with Crippen LogP contribution in [0.3, 0.4) is 0 Å². The summed E-state index contributed by atoms with van der Waals surface area (Å²) in [7, 11) is 1.56. The molecule has 0 spiro atoms. The molecular weight excluding hydrogens is 340 g/mol. The molecule has 27 heavy (non-hydrogen) atoms. The lowest BCUT2D eigenvalue weighted by Crippen LogP contribution is -2.26. The Balaban J connectivity index is 1.68. The molecule has 1 aliphatic carbocycles. The standard InChI is InChI=1S/C21H22N4O2/c1-14-11-20(24-21(23-14)16-7-9-22-10-8-16)25(17-4-5-17)13-15-3-6-18(26)19(12-15)27-2/h3,6-12,17,26H,4-5,13H2,1-2H3. The molecule has 3 aromatic rings. The van der Waals surface area contributed by atoms with E-state index in [0.29, 0.717) is 24.2 Å². The summed E-state index contributed by atoms with van der Waals surface area (Å²) in [6, 6.07) is 11.8. The fourth-order valence-corrected chi connectivity index (χ4v) is 3.13. The van der Waals surface area contributed by atoms with Gasteiger partial charge in [-0.3, -0.25) is 4.98 Å². The molecule has 0 unspecified atom stereocenters. The summed E-state index contributed by atoms with van der Waals surface area (Å²) in [5, 5.41) is 9.84. The van der Waals surface area contributed by atoms with Crippen molar-refractivity contribution < 1.29 is 9.84 Å². The number of aromatic nitrogens is 3. The maximum Gasteiger partial charge on any atom is 0.161 e. The molecule has 1 aliphatic rings. The number of aryl methyl sites for hydroxylation is 1. The Bertz CT molecular complexity index is 942. The number of pyridine rings is 1. The van der Waals surface area contributed by atoms with Gasteiger partial charge in [-0.15, -0.1) is 0 Å². The normalized spacial score (nSPS) is 13.4. The third-order valence-electron chi connectivity index (χ3n) is 4.66. The minimum absolute atomic E-state index is 0.150. The summed E-state index contributed by atoms with van der Waals surface area (Å²) in [6.45, 7) is 2.69. The predicted octanol–water partition coefficient (Wildman–Crippen LogP) is 3.73. The fraction of sp³-hybridized carbons (Fsp3) is 0.286. The van der Waals surface area contributed by atoms with Gasteiger partial charge in [-0.05, 0) is 49.6 Å². The van der Waals surface area contributed by atoms with Crippen LogP contribution < -0.4 is 9.64 Å². The number of aromatic hydroxyl groups is 1. The van der Waals surface area contributed by atoms with Gasteiger partial charge in [0.25, 0.3) is 0 Å². The predicted molar refractivity (Wildman–Crippen MR) is 104 cm³/mol. The van der Waals surface area contributed by atoms with E-state index in [4.69, 9.17) is 9.72 Å². The lowest BCUT2D eigenvalue weighted by atomic mass is 10.1. The first kappa shape index (κ1) is 17.3. The number of rotatable bonds is 6. The van der Waals surface area contributed by atoms with Gasteiger partial charge in [0.2, 0.25) is 0 Å². The van der Waals surface area contributed by atoms with Gasteiger partial charge in [0.15, 0.2) is 17.3 Å². The molecule has 1 N–H and O–H groups in total. The number of hydrogen-bond donors (Lipinski definition) is 1. The largest absolute Gasteiger partial charge is 0.504 e. The van der Waals surface area contributed by atoms with Crippen LogP contribution in [-0.4, -0.2) is 33.2 Å². The highest BCUT2D eigenvalue weighted by Gasteiger charge is 2.30. The fourth-order valence-electron chi connectivity index (χ4n) is 3.13. The Kier molecular flexibility index (Phi) is 4.62. The summed E-state index contributed by atoms with van der Waals surface area (Å²) >= 11 is 0. The highest BCUT2D eigenvalue weighted by atomic mass is 16.5. The van der Waals surface area contributed by atoms with E-state index in [1.165, 1.54) is 0 Å². The van der Waals surface area contributed by atoms with Crippen molar-refractivity contribution in [1.29, 1.82) is 0 Å². The van der Waals surface area contributed by atoms with Crippen LogP contribution in [-0.2, 0) is 6.54 Å². The van der Waals surface area contributed by atoms with E-state index < -0.39 is 0 Å². The smallest absolute Gasteiger partial charge is 0.161 e. The maximum absolute atomic E-state index is 9.84. The average molecular weight is 362 g/mol. The van der Waals surface area contributed by atoms with Crippen molar-refractivity contribution >= 4 is 5.82 Å². The average Bonchev–Trinajstić information content (AvgIpc) is 3.52. The van der Waals surface area contributed by atoms with Gasteiger partial charge in [-0.2, -0.15) is 0 Å². The van der Waals surface area contributed by atoms with Gasteiger partial charge in [0, 0.05) is 42.3 Å². The molecule has 2 heterocycles. The third-order valence-corrected chi connectivity index (χ3v) is 4.66. The summed E-state index contributed by atoms with van der Waals surface area (Å²) in [5.74, 6) is 2.27. The summed E-state index contributed by atoms with van der Waals surface area (Å²) in [5.41, 5.74) is 2.95. The lowest BCUT2D eigenvalue weighted by Gasteiger charge is -2.24. The molecule has 0 aliphatic heterocycles. The SMILES string of the molecule is COc1cc(CN(c2cc(C)nc(-c3ccncc3)n2)C2CC2)ccc1O. The van der Waals surface area contributed by atoms with Crippen LogP contribution >= 0.6 is 0 Å². The monoisotopic (exact) mass is 362 g/mol. The molecule has 0 saturated heterocycles. The van der Waals surface area contributed by atoms with E-state index in [1.807, 2.05) is 37.3 Å². The topological polar surface area (TPSA) is 71.4 Å². The summed E-state index contributed by atoms with van der Waals surface area (Å²) < 4.78 is 5.25. The molecule has 1 aromatic carbocycles. The van der Waals surface area contributed by atoms with Crippen LogP contribution in [0, 0.1) is 6.92 Å². The minimum atomic E-state index is 0.150. The quantitative estimate of drug-likeness (QED) is 0.720. The molecule has 0 amide bonds. The maximum atomic E-state index is 9.84. The van der Waals surface area contributed by atoms with Crippen LogP contribution in [0.15, 0.2) is 48.8 Å². The van der Waals surface area contributed by atoms with E-state index in [2.05, 4.69) is 14.9 Å². The lowest BCUT2D eigenvalue weighted by molar-refractivity contribution is 0.373. The number of phenols is 1. The Morgan fingerprint density at radius 1 is 1.11 bits per heavy atom. The van der Waals surface area contributed by atoms with Crippen molar-refractivity contribution in [2.45, 2.75) is 32.4 Å². The second kappa shape index (κ2) is 7.23. The highest BCUT2D eigenvalue weighted by Crippen LogP contribution is 2.34. The van der Waals surface area contributed by atoms with Crippen molar-refractivity contribution in [3.63, 3.8) is 0 Å². The first-order valence-corrected chi connectivity index (χ1v) is 9.02. The zero-order valence-corrected chi connectivity index (χ0v) is 15.5. The molecule has 0 radical (unpaired) electrons. The zero-order chi connectivity index (χ0) is 18.8. The minimum Gasteiger partial charge on any atom is -0.504 e.